The molecule has 0 saturated carbocycles. The second-order valence-electron chi connectivity index (χ2n) is 7.50. The smallest absolute Gasteiger partial charge is 0.119 e. The van der Waals surface area contributed by atoms with Gasteiger partial charge >= 0.3 is 0 Å². The minimum absolute atomic E-state index is 0.169. The van der Waals surface area contributed by atoms with Gasteiger partial charge in [0.05, 0.1) is 0 Å². The van der Waals surface area contributed by atoms with Crippen molar-refractivity contribution in [3.05, 3.63) is 23.8 Å². The zero-order chi connectivity index (χ0) is 14.1. The lowest BCUT2D eigenvalue weighted by Crippen LogP contribution is -2.24. The van der Waals surface area contributed by atoms with E-state index in [4.69, 9.17) is 7.85 Å². The number of hydrogen-bond acceptors (Lipinski definition) is 1. The summed E-state index contributed by atoms with van der Waals surface area (Å²) in [6.45, 7) is 13.5. The van der Waals surface area contributed by atoms with Crippen LogP contribution in [0.15, 0.2) is 18.2 Å². The minimum atomic E-state index is 0.169. The Labute approximate surface area is 113 Å². The maximum absolute atomic E-state index is 9.54. The van der Waals surface area contributed by atoms with Gasteiger partial charge in [0.15, 0.2) is 0 Å². The first kappa shape index (κ1) is 15.1. The van der Waals surface area contributed by atoms with Crippen molar-refractivity contribution in [2.24, 2.45) is 10.8 Å². The van der Waals surface area contributed by atoms with Gasteiger partial charge in [-0.3, -0.25) is 0 Å². The summed E-state index contributed by atoms with van der Waals surface area (Å²) in [4.78, 5) is 0. The molecule has 0 heterocycles. The Hall–Kier alpha value is -0.915. The van der Waals surface area contributed by atoms with Crippen molar-refractivity contribution >= 4 is 13.3 Å². The van der Waals surface area contributed by atoms with E-state index in [0.29, 0.717) is 11.4 Å². The Balaban J connectivity index is 3.14. The van der Waals surface area contributed by atoms with E-state index < -0.39 is 0 Å². The van der Waals surface area contributed by atoms with Crippen molar-refractivity contribution < 1.29 is 5.11 Å². The molecule has 2 radical (unpaired) electrons. The van der Waals surface area contributed by atoms with Gasteiger partial charge in [0, 0.05) is 0 Å². The topological polar surface area (TPSA) is 20.2 Å². The molecule has 1 atom stereocenters. The third-order valence-corrected chi connectivity index (χ3v) is 3.32. The molecule has 0 bridgehead atoms. The Bertz CT molecular complexity index is 410. The van der Waals surface area contributed by atoms with Crippen LogP contribution in [0.2, 0.25) is 0 Å². The molecule has 2 heteroatoms. The first-order chi connectivity index (χ1) is 8.00. The quantitative estimate of drug-likeness (QED) is 0.785. The zero-order valence-corrected chi connectivity index (χ0v) is 12.5. The van der Waals surface area contributed by atoms with Crippen LogP contribution >= 0.6 is 0 Å². The second-order valence-corrected chi connectivity index (χ2v) is 7.50. The molecule has 1 nitrogen and oxygen atoms in total. The van der Waals surface area contributed by atoms with Crippen LogP contribution in [0, 0.1) is 10.8 Å². The lowest BCUT2D eigenvalue weighted by molar-refractivity contribution is 0.229. The van der Waals surface area contributed by atoms with E-state index in [2.05, 4.69) is 41.5 Å². The summed E-state index contributed by atoms with van der Waals surface area (Å²) < 4.78 is 0. The van der Waals surface area contributed by atoms with Crippen LogP contribution in [-0.2, 0) is 0 Å². The average molecular weight is 244 g/mol. The predicted octanol–water partition coefficient (Wildman–Crippen LogP) is 3.75. The molecule has 0 aromatic heterocycles. The number of phenolic OH excluding ortho intramolecular Hbond substituents is 1. The summed E-state index contributed by atoms with van der Waals surface area (Å²) in [5.41, 5.74) is 2.13. The molecule has 1 unspecified atom stereocenters. The molecule has 18 heavy (non-hydrogen) atoms. The van der Waals surface area contributed by atoms with Crippen molar-refractivity contribution in [1.29, 1.82) is 0 Å². The van der Waals surface area contributed by atoms with Crippen LogP contribution in [-0.4, -0.2) is 13.0 Å². The lowest BCUT2D eigenvalue weighted by atomic mass is 9.68. The number of phenols is 1. The molecule has 1 aromatic carbocycles. The van der Waals surface area contributed by atoms with E-state index in [1.165, 1.54) is 5.56 Å². The maximum atomic E-state index is 9.54. The summed E-state index contributed by atoms with van der Waals surface area (Å²) in [6.07, 6.45) is 1.10. The first-order valence-corrected chi connectivity index (χ1v) is 6.59. The molecule has 0 aliphatic rings. The Morgan fingerprint density at radius 2 is 1.67 bits per heavy atom. The maximum Gasteiger partial charge on any atom is 0.119 e. The molecular weight excluding hydrogens is 219 g/mol. The highest BCUT2D eigenvalue weighted by Crippen LogP contribution is 2.42. The summed E-state index contributed by atoms with van der Waals surface area (Å²) >= 11 is 0. The van der Waals surface area contributed by atoms with E-state index in [-0.39, 0.29) is 16.6 Å². The average Bonchev–Trinajstić information content (AvgIpc) is 2.16. The fourth-order valence-electron chi connectivity index (χ4n) is 2.33. The Kier molecular flexibility index (Phi) is 4.20. The van der Waals surface area contributed by atoms with Gasteiger partial charge in [-0.1, -0.05) is 59.1 Å². The van der Waals surface area contributed by atoms with Crippen molar-refractivity contribution in [3.63, 3.8) is 0 Å². The normalized spacial score (nSPS) is 14.6. The summed E-state index contributed by atoms with van der Waals surface area (Å²) in [5, 5.41) is 9.54. The van der Waals surface area contributed by atoms with Gasteiger partial charge in [-0.15, -0.1) is 0 Å². The Morgan fingerprint density at radius 1 is 1.11 bits per heavy atom. The molecule has 0 aliphatic carbocycles. The number of hydrogen-bond donors (Lipinski definition) is 1. The molecule has 0 spiro atoms. The van der Waals surface area contributed by atoms with Gasteiger partial charge < -0.3 is 5.11 Å². The number of benzene rings is 1. The van der Waals surface area contributed by atoms with Gasteiger partial charge in [0.1, 0.15) is 13.6 Å². The van der Waals surface area contributed by atoms with Crippen molar-refractivity contribution in [3.8, 4) is 5.75 Å². The molecule has 1 aromatic rings. The minimum Gasteiger partial charge on any atom is -0.509 e. The highest BCUT2D eigenvalue weighted by Gasteiger charge is 2.30. The van der Waals surface area contributed by atoms with Crippen LogP contribution < -0.4 is 5.46 Å². The standard InChI is InChI=1S/C16H25BO/c1-15(2,3)10-12(16(4,5)6)11-7-8-14(18)13(17)9-11/h7-9,12,18H,10H2,1-6H3. The highest BCUT2D eigenvalue weighted by atomic mass is 16.3. The van der Waals surface area contributed by atoms with Gasteiger partial charge in [0.25, 0.3) is 0 Å². The predicted molar refractivity (Wildman–Crippen MR) is 79.8 cm³/mol. The Morgan fingerprint density at radius 3 is 2.06 bits per heavy atom. The largest absolute Gasteiger partial charge is 0.509 e. The van der Waals surface area contributed by atoms with E-state index >= 15 is 0 Å². The molecular formula is C16H25BO. The monoisotopic (exact) mass is 244 g/mol. The third kappa shape index (κ3) is 4.08. The van der Waals surface area contributed by atoms with Gasteiger partial charge in [-0.2, -0.15) is 0 Å². The van der Waals surface area contributed by atoms with Crippen molar-refractivity contribution in [2.45, 2.75) is 53.9 Å². The SMILES string of the molecule is [B]c1cc(C(CC(C)(C)C)C(C)(C)C)ccc1O. The summed E-state index contributed by atoms with van der Waals surface area (Å²) in [5.74, 6) is 0.600. The highest BCUT2D eigenvalue weighted by molar-refractivity contribution is 6.34. The van der Waals surface area contributed by atoms with E-state index in [1.807, 2.05) is 12.1 Å². The lowest BCUT2D eigenvalue weighted by Gasteiger charge is -2.36. The van der Waals surface area contributed by atoms with Crippen molar-refractivity contribution in [2.75, 3.05) is 0 Å². The molecule has 1 N–H and O–H groups in total. The zero-order valence-electron chi connectivity index (χ0n) is 12.5. The second kappa shape index (κ2) is 4.99. The van der Waals surface area contributed by atoms with E-state index in [9.17, 15) is 5.11 Å². The summed E-state index contributed by atoms with van der Waals surface area (Å²) in [7, 11) is 5.82. The van der Waals surface area contributed by atoms with Gasteiger partial charge in [-0.25, -0.2) is 0 Å². The molecule has 0 amide bonds. The van der Waals surface area contributed by atoms with E-state index in [0.717, 1.165) is 6.42 Å². The molecule has 0 fully saturated rings. The van der Waals surface area contributed by atoms with Gasteiger partial charge in [-0.05, 0) is 34.8 Å². The van der Waals surface area contributed by atoms with Crippen molar-refractivity contribution in [1.82, 2.24) is 0 Å². The molecule has 0 aliphatic heterocycles. The molecule has 98 valence electrons. The fourth-order valence-corrected chi connectivity index (χ4v) is 2.33. The van der Waals surface area contributed by atoms with Crippen LogP contribution in [0.25, 0.3) is 0 Å². The molecule has 1 rings (SSSR count). The third-order valence-electron chi connectivity index (χ3n) is 3.32. The fraction of sp³-hybridized carbons (Fsp3) is 0.625. The van der Waals surface area contributed by atoms with Crippen LogP contribution in [0.5, 0.6) is 5.75 Å². The van der Waals surface area contributed by atoms with E-state index in [1.54, 1.807) is 6.07 Å². The number of aromatic hydroxyl groups is 1. The van der Waals surface area contributed by atoms with Crippen LogP contribution in [0.3, 0.4) is 0 Å². The summed E-state index contributed by atoms with van der Waals surface area (Å²) in [6, 6.07) is 5.61. The van der Waals surface area contributed by atoms with Gasteiger partial charge in [0.2, 0.25) is 0 Å². The molecule has 0 saturated heterocycles. The van der Waals surface area contributed by atoms with Crippen LogP contribution in [0.4, 0.5) is 0 Å². The van der Waals surface area contributed by atoms with Crippen LogP contribution in [0.1, 0.15) is 59.4 Å². The number of rotatable bonds is 2. The first-order valence-electron chi connectivity index (χ1n) is 6.59.